The lowest BCUT2D eigenvalue weighted by Gasteiger charge is -2.30. The molecule has 7 heteroatoms. The highest BCUT2D eigenvalue weighted by molar-refractivity contribution is 5.89. The average Bonchev–Trinajstić information content (AvgIpc) is 3.18. The molecule has 2 saturated heterocycles. The van der Waals surface area contributed by atoms with Crippen LogP contribution in [0, 0.1) is 0 Å². The summed E-state index contributed by atoms with van der Waals surface area (Å²) in [4.78, 5) is 39.3. The summed E-state index contributed by atoms with van der Waals surface area (Å²) in [7, 11) is 0. The molecule has 7 nitrogen and oxygen atoms in total. The molecule has 1 aromatic rings. The van der Waals surface area contributed by atoms with E-state index in [4.69, 9.17) is 9.47 Å². The third-order valence-corrected chi connectivity index (χ3v) is 4.37. The Balaban J connectivity index is 1.53. The molecule has 2 aliphatic rings. The lowest BCUT2D eigenvalue weighted by molar-refractivity contribution is -0.150. The summed E-state index contributed by atoms with van der Waals surface area (Å²) in [5.41, 5.74) is 0.895. The number of urea groups is 1. The highest BCUT2D eigenvalue weighted by atomic mass is 16.5. The molecule has 0 aromatic heterocycles. The predicted molar refractivity (Wildman–Crippen MR) is 88.4 cm³/mol. The van der Waals surface area contributed by atoms with E-state index in [1.807, 2.05) is 30.3 Å². The van der Waals surface area contributed by atoms with Gasteiger partial charge in [0.1, 0.15) is 25.8 Å². The minimum Gasteiger partial charge on any atom is -0.460 e. The number of carbonyl (C=O) groups excluding carboxylic acids is 3. The molecule has 2 fully saturated rings. The molecule has 0 aliphatic carbocycles. The van der Waals surface area contributed by atoms with Crippen molar-refractivity contribution < 1.29 is 23.9 Å². The summed E-state index contributed by atoms with van der Waals surface area (Å²) in [5, 5.41) is 0. The van der Waals surface area contributed by atoms with E-state index in [1.165, 1.54) is 15.9 Å². The zero-order valence-electron chi connectivity index (χ0n) is 13.8. The maximum Gasteiger partial charge on any atom is 0.329 e. The topological polar surface area (TPSA) is 76.2 Å². The van der Waals surface area contributed by atoms with Gasteiger partial charge in [0.05, 0.1) is 6.04 Å². The van der Waals surface area contributed by atoms with E-state index in [0.717, 1.165) is 5.56 Å². The summed E-state index contributed by atoms with van der Waals surface area (Å²) in [6.07, 6.45) is 1.94. The van der Waals surface area contributed by atoms with Crippen LogP contribution in [0.5, 0.6) is 0 Å². The molecule has 2 heterocycles. The third kappa shape index (κ3) is 3.65. The van der Waals surface area contributed by atoms with Crippen molar-refractivity contribution in [3.8, 4) is 0 Å². The minimum absolute atomic E-state index is 0.111. The van der Waals surface area contributed by atoms with Gasteiger partial charge in [-0.2, -0.15) is 0 Å². The van der Waals surface area contributed by atoms with Gasteiger partial charge < -0.3 is 19.3 Å². The van der Waals surface area contributed by atoms with Gasteiger partial charge in [-0.05, 0) is 5.56 Å². The van der Waals surface area contributed by atoms with Crippen LogP contribution in [0.25, 0.3) is 0 Å². The Kier molecular flexibility index (Phi) is 5.02. The molecule has 2 aliphatic heterocycles. The van der Waals surface area contributed by atoms with Gasteiger partial charge in [0.2, 0.25) is 0 Å². The summed E-state index contributed by atoms with van der Waals surface area (Å²) >= 11 is 0. The minimum atomic E-state index is -0.582. The lowest BCUT2D eigenvalue weighted by atomic mass is 10.1. The molecule has 2 bridgehead atoms. The van der Waals surface area contributed by atoms with Gasteiger partial charge >= 0.3 is 18.0 Å². The highest BCUT2D eigenvalue weighted by Gasteiger charge is 2.52. The van der Waals surface area contributed by atoms with Crippen LogP contribution >= 0.6 is 0 Å². The summed E-state index contributed by atoms with van der Waals surface area (Å²) < 4.78 is 10.2. The zero-order valence-corrected chi connectivity index (χ0v) is 13.8. The number of nitrogens with zero attached hydrogens (tertiary/aromatic N) is 2. The van der Waals surface area contributed by atoms with Crippen molar-refractivity contribution in [2.45, 2.75) is 25.1 Å². The second-order valence-corrected chi connectivity index (χ2v) is 6.03. The van der Waals surface area contributed by atoms with Crippen molar-refractivity contribution in [3.05, 3.63) is 48.6 Å². The number of hydrogen-bond acceptors (Lipinski definition) is 5. The van der Waals surface area contributed by atoms with E-state index in [1.54, 1.807) is 0 Å². The van der Waals surface area contributed by atoms with E-state index in [9.17, 15) is 14.4 Å². The second kappa shape index (κ2) is 7.38. The first-order valence-corrected chi connectivity index (χ1v) is 8.14. The molecule has 2 unspecified atom stereocenters. The van der Waals surface area contributed by atoms with Crippen LogP contribution in [0.3, 0.4) is 0 Å². The third-order valence-electron chi connectivity index (χ3n) is 4.37. The van der Waals surface area contributed by atoms with Crippen LogP contribution in [-0.4, -0.2) is 59.5 Å². The Morgan fingerprint density at radius 2 is 2.00 bits per heavy atom. The molecule has 0 spiro atoms. The van der Waals surface area contributed by atoms with Gasteiger partial charge in [0.25, 0.3) is 0 Å². The molecule has 2 amide bonds. The number of ether oxygens (including phenoxy) is 2. The van der Waals surface area contributed by atoms with Gasteiger partial charge in [0.15, 0.2) is 0 Å². The van der Waals surface area contributed by atoms with Crippen molar-refractivity contribution in [1.29, 1.82) is 0 Å². The Labute approximate surface area is 145 Å². The van der Waals surface area contributed by atoms with Crippen molar-refractivity contribution in [3.63, 3.8) is 0 Å². The number of amides is 2. The van der Waals surface area contributed by atoms with Gasteiger partial charge in [-0.3, -0.25) is 4.79 Å². The van der Waals surface area contributed by atoms with Gasteiger partial charge in [-0.15, -0.1) is 0 Å². The largest absolute Gasteiger partial charge is 0.460 e. The van der Waals surface area contributed by atoms with Gasteiger partial charge in [0, 0.05) is 13.0 Å². The smallest absolute Gasteiger partial charge is 0.329 e. The monoisotopic (exact) mass is 344 g/mol. The Morgan fingerprint density at radius 3 is 2.68 bits per heavy atom. The number of carbonyl (C=O) groups is 3. The van der Waals surface area contributed by atoms with Crippen LogP contribution in [0.2, 0.25) is 0 Å². The number of hydrogen-bond donors (Lipinski definition) is 0. The molecule has 0 radical (unpaired) electrons. The van der Waals surface area contributed by atoms with E-state index in [0.29, 0.717) is 13.0 Å². The van der Waals surface area contributed by atoms with Gasteiger partial charge in [-0.1, -0.05) is 43.0 Å². The molecule has 2 atom stereocenters. The van der Waals surface area contributed by atoms with Crippen LogP contribution in [-0.2, 0) is 25.7 Å². The number of rotatable bonds is 7. The Morgan fingerprint density at radius 1 is 1.24 bits per heavy atom. The first-order valence-electron chi connectivity index (χ1n) is 8.14. The van der Waals surface area contributed by atoms with Gasteiger partial charge in [-0.25, -0.2) is 9.59 Å². The first kappa shape index (κ1) is 17.0. The molecule has 132 valence electrons. The fraction of sp³-hybridized carbons (Fsp3) is 0.389. The molecule has 0 N–H and O–H groups in total. The standard InChI is InChI=1S/C18H20N2O5/c1-2-8-24-16(21)11-19-14-9-15(20(10-14)18(19)23)17(22)25-12-13-6-4-3-5-7-13/h2-7,14-15H,1,8-12H2. The Hall–Kier alpha value is -2.83. The normalized spacial score (nSPS) is 21.4. The van der Waals surface area contributed by atoms with Crippen molar-refractivity contribution in [1.82, 2.24) is 9.80 Å². The van der Waals surface area contributed by atoms with E-state index < -0.39 is 18.0 Å². The lowest BCUT2D eigenvalue weighted by Crippen LogP contribution is -2.50. The molecule has 3 rings (SSSR count). The molecule has 25 heavy (non-hydrogen) atoms. The fourth-order valence-electron chi connectivity index (χ4n) is 3.15. The maximum absolute atomic E-state index is 12.4. The van der Waals surface area contributed by atoms with E-state index in [-0.39, 0.29) is 31.8 Å². The van der Waals surface area contributed by atoms with Crippen LogP contribution < -0.4 is 0 Å². The van der Waals surface area contributed by atoms with E-state index in [2.05, 4.69) is 6.58 Å². The molecular formula is C18H20N2O5. The number of esters is 2. The summed E-state index contributed by atoms with van der Waals surface area (Å²) in [6, 6.07) is 8.30. The highest BCUT2D eigenvalue weighted by Crippen LogP contribution is 2.32. The van der Waals surface area contributed by atoms with Crippen LogP contribution in [0.4, 0.5) is 4.79 Å². The zero-order chi connectivity index (χ0) is 17.8. The number of benzene rings is 1. The first-order chi connectivity index (χ1) is 12.1. The maximum atomic E-state index is 12.4. The average molecular weight is 344 g/mol. The molecule has 1 aromatic carbocycles. The number of fused-ring (bicyclic) bond motifs is 2. The quantitative estimate of drug-likeness (QED) is 0.551. The van der Waals surface area contributed by atoms with Crippen molar-refractivity contribution >= 4 is 18.0 Å². The molecule has 0 saturated carbocycles. The Bertz CT molecular complexity index is 675. The van der Waals surface area contributed by atoms with Crippen LogP contribution in [0.1, 0.15) is 12.0 Å². The van der Waals surface area contributed by atoms with Crippen molar-refractivity contribution in [2.24, 2.45) is 0 Å². The summed E-state index contributed by atoms with van der Waals surface area (Å²) in [6.45, 7) is 4.08. The fourth-order valence-corrected chi connectivity index (χ4v) is 3.15. The van der Waals surface area contributed by atoms with Crippen LogP contribution in [0.15, 0.2) is 43.0 Å². The predicted octanol–water partition coefficient (Wildman–Crippen LogP) is 1.34. The molecular weight excluding hydrogens is 324 g/mol. The van der Waals surface area contributed by atoms with Crippen molar-refractivity contribution in [2.75, 3.05) is 19.7 Å². The second-order valence-electron chi connectivity index (χ2n) is 6.03. The summed E-state index contributed by atoms with van der Waals surface area (Å²) in [5.74, 6) is -0.890. The SMILES string of the molecule is C=CCOC(=O)CN1C(=O)N2CC1CC2C(=O)OCc1ccccc1. The van der Waals surface area contributed by atoms with E-state index >= 15 is 0 Å².